The average Bonchev–Trinajstić information content (AvgIpc) is 3.10. The second-order valence-corrected chi connectivity index (χ2v) is 7.93. The van der Waals surface area contributed by atoms with E-state index in [-0.39, 0.29) is 0 Å². The van der Waals surface area contributed by atoms with Crippen molar-refractivity contribution in [2.45, 2.75) is 13.0 Å². The third-order valence-corrected chi connectivity index (χ3v) is 5.38. The van der Waals surface area contributed by atoms with E-state index in [1.807, 2.05) is 42.7 Å². The van der Waals surface area contributed by atoms with Crippen molar-refractivity contribution < 1.29 is 0 Å². The minimum absolute atomic E-state index is 0.329. The molecule has 0 amide bonds. The van der Waals surface area contributed by atoms with Gasteiger partial charge in [0.25, 0.3) is 0 Å². The molecule has 2 aromatic carbocycles. The maximum Gasteiger partial charge on any atom is 0.0506 e. The van der Waals surface area contributed by atoms with Crippen molar-refractivity contribution in [2.75, 3.05) is 20.6 Å². The van der Waals surface area contributed by atoms with E-state index in [4.69, 9.17) is 11.6 Å². The highest BCUT2D eigenvalue weighted by molar-refractivity contribution is 6.36. The standard InChI is InChI=1S/C24H24ClN3/c1-17(15-27(2)3)28-16-21(24-22(25)10-7-11-23(24)28)20-12-19(13-26-14-20)18-8-5-4-6-9-18/h4-14,16-17H,15H2,1-3H3. The molecule has 0 radical (unpaired) electrons. The zero-order chi connectivity index (χ0) is 19.7. The van der Waals surface area contributed by atoms with Crippen LogP contribution in [0.2, 0.25) is 5.02 Å². The quantitative estimate of drug-likeness (QED) is 0.408. The molecule has 4 heteroatoms. The number of benzene rings is 2. The summed E-state index contributed by atoms with van der Waals surface area (Å²) in [6.07, 6.45) is 6.05. The second kappa shape index (κ2) is 7.78. The first kappa shape index (κ1) is 18.7. The van der Waals surface area contributed by atoms with E-state index in [1.54, 1.807) is 0 Å². The van der Waals surface area contributed by atoms with Gasteiger partial charge in [0.15, 0.2) is 0 Å². The van der Waals surface area contributed by atoms with Gasteiger partial charge in [-0.1, -0.05) is 48.0 Å². The molecule has 0 N–H and O–H groups in total. The van der Waals surface area contributed by atoms with Crippen LogP contribution in [0.4, 0.5) is 0 Å². The predicted octanol–water partition coefficient (Wildman–Crippen LogP) is 6.15. The number of rotatable bonds is 5. The minimum atomic E-state index is 0.329. The molecule has 28 heavy (non-hydrogen) atoms. The maximum atomic E-state index is 6.65. The topological polar surface area (TPSA) is 21.1 Å². The first-order chi connectivity index (χ1) is 13.5. The van der Waals surface area contributed by atoms with Gasteiger partial charge in [-0.15, -0.1) is 0 Å². The number of nitrogens with zero attached hydrogens (tertiary/aromatic N) is 3. The summed E-state index contributed by atoms with van der Waals surface area (Å²) in [5.74, 6) is 0. The molecule has 2 aromatic heterocycles. The van der Waals surface area contributed by atoms with E-state index in [2.05, 4.69) is 65.9 Å². The summed E-state index contributed by atoms with van der Waals surface area (Å²) in [6.45, 7) is 3.20. The van der Waals surface area contributed by atoms with Crippen LogP contribution in [0.1, 0.15) is 13.0 Å². The van der Waals surface area contributed by atoms with Crippen LogP contribution in [-0.4, -0.2) is 35.1 Å². The molecule has 142 valence electrons. The molecule has 0 aliphatic rings. The number of hydrogen-bond acceptors (Lipinski definition) is 2. The molecule has 0 spiro atoms. The molecule has 0 bridgehead atoms. The highest BCUT2D eigenvalue weighted by Gasteiger charge is 2.17. The second-order valence-electron chi connectivity index (χ2n) is 7.52. The van der Waals surface area contributed by atoms with Crippen LogP contribution in [0, 0.1) is 0 Å². The van der Waals surface area contributed by atoms with Gasteiger partial charge in [-0.25, -0.2) is 0 Å². The number of aromatic nitrogens is 2. The van der Waals surface area contributed by atoms with Crippen LogP contribution >= 0.6 is 11.6 Å². The maximum absolute atomic E-state index is 6.65. The Morgan fingerprint density at radius 2 is 1.71 bits per heavy atom. The van der Waals surface area contributed by atoms with Crippen LogP contribution in [0.5, 0.6) is 0 Å². The van der Waals surface area contributed by atoms with Crippen molar-refractivity contribution in [3.63, 3.8) is 0 Å². The lowest BCUT2D eigenvalue weighted by Gasteiger charge is -2.19. The number of likely N-dealkylation sites (N-methyl/N-ethyl adjacent to an activating group) is 1. The van der Waals surface area contributed by atoms with Crippen molar-refractivity contribution in [1.82, 2.24) is 14.5 Å². The van der Waals surface area contributed by atoms with Gasteiger partial charge in [-0.05, 0) is 44.8 Å². The van der Waals surface area contributed by atoms with Crippen LogP contribution in [0.3, 0.4) is 0 Å². The Morgan fingerprint density at radius 3 is 2.46 bits per heavy atom. The lowest BCUT2D eigenvalue weighted by molar-refractivity contribution is 0.341. The van der Waals surface area contributed by atoms with Crippen molar-refractivity contribution in [2.24, 2.45) is 0 Å². The van der Waals surface area contributed by atoms with E-state index in [1.165, 1.54) is 0 Å². The summed E-state index contributed by atoms with van der Waals surface area (Å²) in [4.78, 5) is 6.72. The summed E-state index contributed by atoms with van der Waals surface area (Å²) in [6, 6.07) is 19.0. The van der Waals surface area contributed by atoms with Gasteiger partial charge >= 0.3 is 0 Å². The van der Waals surface area contributed by atoms with Crippen molar-refractivity contribution in [3.8, 4) is 22.3 Å². The van der Waals surface area contributed by atoms with Crippen molar-refractivity contribution in [3.05, 3.63) is 78.2 Å². The average molecular weight is 390 g/mol. The zero-order valence-corrected chi connectivity index (χ0v) is 17.2. The van der Waals surface area contributed by atoms with Gasteiger partial charge in [0, 0.05) is 53.3 Å². The van der Waals surface area contributed by atoms with Crippen LogP contribution < -0.4 is 0 Å². The smallest absolute Gasteiger partial charge is 0.0506 e. The predicted molar refractivity (Wildman–Crippen MR) is 119 cm³/mol. The Balaban J connectivity index is 1.88. The van der Waals surface area contributed by atoms with Crippen LogP contribution in [0.15, 0.2) is 73.2 Å². The normalized spacial score (nSPS) is 12.6. The van der Waals surface area contributed by atoms with Gasteiger partial charge in [0.1, 0.15) is 0 Å². The first-order valence-corrected chi connectivity index (χ1v) is 9.87. The largest absolute Gasteiger partial charge is 0.343 e. The fourth-order valence-electron chi connectivity index (χ4n) is 3.84. The molecule has 0 aliphatic heterocycles. The highest BCUT2D eigenvalue weighted by Crippen LogP contribution is 2.37. The van der Waals surface area contributed by atoms with Gasteiger partial charge in [0.05, 0.1) is 10.5 Å². The fourth-order valence-corrected chi connectivity index (χ4v) is 4.11. The molecule has 4 rings (SSSR count). The number of hydrogen-bond donors (Lipinski definition) is 0. The SMILES string of the molecule is CC(CN(C)C)n1cc(-c2cncc(-c3ccccc3)c2)c2c(Cl)cccc21. The molecule has 0 aliphatic carbocycles. The summed E-state index contributed by atoms with van der Waals surface area (Å²) >= 11 is 6.65. The van der Waals surface area contributed by atoms with Crippen molar-refractivity contribution in [1.29, 1.82) is 0 Å². The van der Waals surface area contributed by atoms with E-state index in [0.29, 0.717) is 6.04 Å². The van der Waals surface area contributed by atoms with Gasteiger partial charge in [-0.3, -0.25) is 4.98 Å². The van der Waals surface area contributed by atoms with E-state index in [9.17, 15) is 0 Å². The Hall–Kier alpha value is -2.62. The Labute approximate surface area is 171 Å². The van der Waals surface area contributed by atoms with Gasteiger partial charge < -0.3 is 9.47 Å². The van der Waals surface area contributed by atoms with Crippen molar-refractivity contribution >= 4 is 22.5 Å². The molecule has 0 fully saturated rings. The van der Waals surface area contributed by atoms with Gasteiger partial charge in [-0.2, -0.15) is 0 Å². The lowest BCUT2D eigenvalue weighted by Crippen LogP contribution is -2.21. The summed E-state index contributed by atoms with van der Waals surface area (Å²) in [5.41, 5.74) is 5.62. The number of pyridine rings is 1. The minimum Gasteiger partial charge on any atom is -0.343 e. The van der Waals surface area contributed by atoms with Crippen LogP contribution in [-0.2, 0) is 0 Å². The third kappa shape index (κ3) is 3.56. The zero-order valence-electron chi connectivity index (χ0n) is 16.4. The number of halogens is 1. The monoisotopic (exact) mass is 389 g/mol. The summed E-state index contributed by atoms with van der Waals surface area (Å²) in [5, 5.41) is 1.86. The molecule has 0 saturated heterocycles. The fraction of sp³-hybridized carbons (Fsp3) is 0.208. The molecular weight excluding hydrogens is 366 g/mol. The first-order valence-electron chi connectivity index (χ1n) is 9.49. The Morgan fingerprint density at radius 1 is 0.964 bits per heavy atom. The van der Waals surface area contributed by atoms with E-state index < -0.39 is 0 Å². The van der Waals surface area contributed by atoms with E-state index >= 15 is 0 Å². The van der Waals surface area contributed by atoms with Gasteiger partial charge in [0.2, 0.25) is 0 Å². The molecule has 3 nitrogen and oxygen atoms in total. The highest BCUT2D eigenvalue weighted by atomic mass is 35.5. The lowest BCUT2D eigenvalue weighted by atomic mass is 10.0. The molecule has 1 atom stereocenters. The summed E-state index contributed by atoms with van der Waals surface area (Å²) in [7, 11) is 4.20. The third-order valence-electron chi connectivity index (χ3n) is 5.07. The molecule has 0 saturated carbocycles. The van der Waals surface area contributed by atoms with E-state index in [0.717, 1.165) is 44.7 Å². The molecule has 1 unspecified atom stereocenters. The summed E-state index contributed by atoms with van der Waals surface area (Å²) < 4.78 is 2.33. The Bertz CT molecular complexity index is 1100. The molecular formula is C24H24ClN3. The Kier molecular flexibility index (Phi) is 5.21. The molecule has 2 heterocycles. The number of fused-ring (bicyclic) bond motifs is 1. The molecule has 4 aromatic rings. The van der Waals surface area contributed by atoms with Crippen LogP contribution in [0.25, 0.3) is 33.2 Å².